The lowest BCUT2D eigenvalue weighted by Gasteiger charge is -2.29. The van der Waals surface area contributed by atoms with Gasteiger partial charge in [-0.25, -0.2) is 0 Å². The number of nitrogens with zero attached hydrogens (tertiary/aromatic N) is 2. The molecule has 1 atom stereocenters. The molecular formula is C20H23N3O. The molecule has 1 aromatic heterocycles. The summed E-state index contributed by atoms with van der Waals surface area (Å²) in [5.41, 5.74) is 2.51. The third kappa shape index (κ3) is 2.87. The van der Waals surface area contributed by atoms with Crippen molar-refractivity contribution in [1.29, 1.82) is 0 Å². The molecule has 0 aliphatic carbocycles. The van der Waals surface area contributed by atoms with Gasteiger partial charge >= 0.3 is 0 Å². The summed E-state index contributed by atoms with van der Waals surface area (Å²) in [6.07, 6.45) is 0.897. The van der Waals surface area contributed by atoms with Crippen LogP contribution in [-0.2, 0) is 0 Å². The number of nitrogen functional groups attached to an aromatic ring is 1. The highest BCUT2D eigenvalue weighted by atomic mass is 16.2. The minimum Gasteiger partial charge on any atom is -0.338 e. The highest BCUT2D eigenvalue weighted by Gasteiger charge is 2.25. The summed E-state index contributed by atoms with van der Waals surface area (Å²) in [4.78, 5) is 15.1. The summed E-state index contributed by atoms with van der Waals surface area (Å²) in [7, 11) is 0. The fraction of sp³-hybridized carbons (Fsp3) is 0.250. The first-order valence-corrected chi connectivity index (χ1v) is 8.35. The fourth-order valence-electron chi connectivity index (χ4n) is 3.11. The predicted octanol–water partition coefficient (Wildman–Crippen LogP) is 3.97. The average Bonchev–Trinajstić information content (AvgIpc) is 2.96. The lowest BCUT2D eigenvalue weighted by Crippen LogP contribution is -2.36. The number of hydrogen-bond donors (Lipinski definition) is 1. The molecule has 124 valence electrons. The number of fused-ring (bicyclic) bond motifs is 1. The lowest BCUT2D eigenvalue weighted by atomic mass is 10.1. The SMILES string of the molecule is CCCN(C(=O)c1cc2ccccc2n1N)[C@@H](C)c1ccccc1. The van der Waals surface area contributed by atoms with E-state index in [9.17, 15) is 4.79 Å². The van der Waals surface area contributed by atoms with E-state index in [0.717, 1.165) is 22.9 Å². The molecule has 0 bridgehead atoms. The molecule has 2 aromatic carbocycles. The fourth-order valence-corrected chi connectivity index (χ4v) is 3.11. The standard InChI is InChI=1S/C20H23N3O/c1-3-13-22(15(2)16-9-5-4-6-10-16)20(24)19-14-17-11-7-8-12-18(17)23(19)21/h4-12,14-15H,3,13,21H2,1-2H3/t15-/m0/s1. The molecule has 3 aromatic rings. The number of carbonyl (C=O) groups is 1. The highest BCUT2D eigenvalue weighted by Crippen LogP contribution is 2.25. The summed E-state index contributed by atoms with van der Waals surface area (Å²) in [5, 5.41) is 0.979. The van der Waals surface area contributed by atoms with Gasteiger partial charge in [-0.05, 0) is 31.0 Å². The third-order valence-corrected chi connectivity index (χ3v) is 4.44. The normalized spacial score (nSPS) is 12.2. The molecular weight excluding hydrogens is 298 g/mol. The summed E-state index contributed by atoms with van der Waals surface area (Å²) in [5.74, 6) is 6.15. The molecule has 3 rings (SSSR count). The second-order valence-electron chi connectivity index (χ2n) is 6.04. The number of hydrogen-bond acceptors (Lipinski definition) is 2. The number of rotatable bonds is 5. The van der Waals surface area contributed by atoms with Gasteiger partial charge in [-0.15, -0.1) is 0 Å². The van der Waals surface area contributed by atoms with E-state index in [2.05, 4.69) is 26.0 Å². The van der Waals surface area contributed by atoms with E-state index in [4.69, 9.17) is 5.84 Å². The van der Waals surface area contributed by atoms with Crippen LogP contribution in [0.4, 0.5) is 0 Å². The molecule has 4 heteroatoms. The zero-order valence-electron chi connectivity index (χ0n) is 14.1. The summed E-state index contributed by atoms with van der Waals surface area (Å²) < 4.78 is 1.50. The van der Waals surface area contributed by atoms with E-state index in [0.29, 0.717) is 12.2 Å². The first-order chi connectivity index (χ1) is 11.6. The molecule has 0 unspecified atom stereocenters. The van der Waals surface area contributed by atoms with E-state index < -0.39 is 0 Å². The zero-order valence-corrected chi connectivity index (χ0v) is 14.1. The van der Waals surface area contributed by atoms with Gasteiger partial charge in [0.2, 0.25) is 0 Å². The Hall–Kier alpha value is -2.75. The van der Waals surface area contributed by atoms with E-state index in [-0.39, 0.29) is 11.9 Å². The molecule has 0 saturated heterocycles. The van der Waals surface area contributed by atoms with Crippen molar-refractivity contribution in [2.24, 2.45) is 0 Å². The number of benzene rings is 2. The second kappa shape index (κ2) is 6.79. The van der Waals surface area contributed by atoms with Gasteiger partial charge in [0.1, 0.15) is 5.69 Å². The van der Waals surface area contributed by atoms with Crippen molar-refractivity contribution in [1.82, 2.24) is 9.58 Å². The van der Waals surface area contributed by atoms with Gasteiger partial charge < -0.3 is 10.7 Å². The number of amides is 1. The van der Waals surface area contributed by atoms with Crippen LogP contribution in [0.3, 0.4) is 0 Å². The molecule has 0 fully saturated rings. The van der Waals surface area contributed by atoms with Gasteiger partial charge in [-0.3, -0.25) is 9.47 Å². The number of nitrogens with two attached hydrogens (primary N) is 1. The van der Waals surface area contributed by atoms with Crippen molar-refractivity contribution in [3.63, 3.8) is 0 Å². The van der Waals surface area contributed by atoms with Crippen LogP contribution in [0, 0.1) is 0 Å². The number of carbonyl (C=O) groups excluding carboxylic acids is 1. The molecule has 0 radical (unpaired) electrons. The predicted molar refractivity (Wildman–Crippen MR) is 98.3 cm³/mol. The Balaban J connectivity index is 1.98. The van der Waals surface area contributed by atoms with Crippen LogP contribution < -0.4 is 5.84 Å². The highest BCUT2D eigenvalue weighted by molar-refractivity contribution is 5.99. The quantitative estimate of drug-likeness (QED) is 0.723. The monoisotopic (exact) mass is 321 g/mol. The molecule has 24 heavy (non-hydrogen) atoms. The molecule has 2 N–H and O–H groups in total. The first kappa shape index (κ1) is 16.1. The van der Waals surface area contributed by atoms with Gasteiger partial charge in [-0.2, -0.15) is 0 Å². The molecule has 0 saturated carbocycles. The van der Waals surface area contributed by atoms with Gasteiger partial charge in [-0.1, -0.05) is 55.5 Å². The summed E-state index contributed by atoms with van der Waals surface area (Å²) in [6, 6.07) is 19.7. The van der Waals surface area contributed by atoms with E-state index in [1.54, 1.807) is 0 Å². The van der Waals surface area contributed by atoms with Crippen LogP contribution in [0.2, 0.25) is 0 Å². The molecule has 0 spiro atoms. The largest absolute Gasteiger partial charge is 0.338 e. The van der Waals surface area contributed by atoms with Crippen molar-refractivity contribution in [3.8, 4) is 0 Å². The Kier molecular flexibility index (Phi) is 4.56. The van der Waals surface area contributed by atoms with Crippen LogP contribution >= 0.6 is 0 Å². The minimum atomic E-state index is -0.0353. The zero-order chi connectivity index (χ0) is 17.1. The van der Waals surface area contributed by atoms with Crippen molar-refractivity contribution in [3.05, 3.63) is 71.9 Å². The van der Waals surface area contributed by atoms with E-state index >= 15 is 0 Å². The molecule has 0 aliphatic heterocycles. The topological polar surface area (TPSA) is 51.3 Å². The van der Waals surface area contributed by atoms with Gasteiger partial charge in [0.15, 0.2) is 0 Å². The molecule has 1 heterocycles. The Labute approximate surface area is 142 Å². The van der Waals surface area contributed by atoms with Crippen molar-refractivity contribution < 1.29 is 4.79 Å². The Morgan fingerprint density at radius 3 is 2.46 bits per heavy atom. The van der Waals surface area contributed by atoms with Crippen LogP contribution in [-0.4, -0.2) is 22.0 Å². The number of aromatic nitrogens is 1. The third-order valence-electron chi connectivity index (χ3n) is 4.44. The second-order valence-corrected chi connectivity index (χ2v) is 6.04. The Bertz CT molecular complexity index is 838. The van der Waals surface area contributed by atoms with Crippen LogP contribution in [0.15, 0.2) is 60.7 Å². The van der Waals surface area contributed by atoms with Crippen molar-refractivity contribution in [2.45, 2.75) is 26.3 Å². The van der Waals surface area contributed by atoms with Crippen LogP contribution in [0.25, 0.3) is 10.9 Å². The van der Waals surface area contributed by atoms with Crippen LogP contribution in [0.5, 0.6) is 0 Å². The minimum absolute atomic E-state index is 0.00309. The maximum atomic E-state index is 13.2. The van der Waals surface area contributed by atoms with Gasteiger partial charge in [0, 0.05) is 11.9 Å². The van der Waals surface area contributed by atoms with Gasteiger partial charge in [0.05, 0.1) is 11.6 Å². The lowest BCUT2D eigenvalue weighted by molar-refractivity contribution is 0.0682. The Morgan fingerprint density at radius 1 is 1.12 bits per heavy atom. The van der Waals surface area contributed by atoms with Crippen molar-refractivity contribution >= 4 is 16.8 Å². The maximum absolute atomic E-state index is 13.2. The number of para-hydroxylation sites is 1. The average molecular weight is 321 g/mol. The molecule has 0 aliphatic rings. The smallest absolute Gasteiger partial charge is 0.272 e. The van der Waals surface area contributed by atoms with E-state index in [1.165, 1.54) is 4.68 Å². The first-order valence-electron chi connectivity index (χ1n) is 8.35. The summed E-state index contributed by atoms with van der Waals surface area (Å²) in [6.45, 7) is 4.83. The summed E-state index contributed by atoms with van der Waals surface area (Å²) >= 11 is 0. The van der Waals surface area contributed by atoms with Gasteiger partial charge in [0.25, 0.3) is 5.91 Å². The van der Waals surface area contributed by atoms with Crippen LogP contribution in [0.1, 0.15) is 42.4 Å². The Morgan fingerprint density at radius 2 is 1.79 bits per heavy atom. The maximum Gasteiger partial charge on any atom is 0.272 e. The van der Waals surface area contributed by atoms with Crippen molar-refractivity contribution in [2.75, 3.05) is 12.4 Å². The molecule has 4 nitrogen and oxygen atoms in total. The molecule has 1 amide bonds. The van der Waals surface area contributed by atoms with E-state index in [1.807, 2.05) is 53.4 Å².